The van der Waals surface area contributed by atoms with E-state index in [-0.39, 0.29) is 5.97 Å². The van der Waals surface area contributed by atoms with Crippen LogP contribution in [0.25, 0.3) is 0 Å². The van der Waals surface area contributed by atoms with Crippen LogP contribution in [0.1, 0.15) is 59.8 Å². The summed E-state index contributed by atoms with van der Waals surface area (Å²) in [6.45, 7) is 11.2. The van der Waals surface area contributed by atoms with Gasteiger partial charge < -0.3 is 9.64 Å². The van der Waals surface area contributed by atoms with Crippen LogP contribution in [0.5, 0.6) is 0 Å². The number of hydrogen-bond donors (Lipinski definition) is 1. The summed E-state index contributed by atoms with van der Waals surface area (Å²) in [6.07, 6.45) is 5.38. The summed E-state index contributed by atoms with van der Waals surface area (Å²) in [4.78, 5) is 14.9. The van der Waals surface area contributed by atoms with E-state index in [4.69, 9.17) is 4.74 Å². The van der Waals surface area contributed by atoms with Gasteiger partial charge in [0.25, 0.3) is 0 Å². The molecule has 122 valence electrons. The second-order valence-corrected chi connectivity index (χ2v) is 7.97. The summed E-state index contributed by atoms with van der Waals surface area (Å²) in [5, 5.41) is 3.49. The largest absolute Gasteiger partial charge is 0.468 e. The van der Waals surface area contributed by atoms with Gasteiger partial charge in [0.2, 0.25) is 0 Å². The van der Waals surface area contributed by atoms with Gasteiger partial charge in [0, 0.05) is 12.1 Å². The number of carbonyl (C=O) groups is 1. The molecule has 0 aromatic rings. The number of esters is 1. The lowest BCUT2D eigenvalue weighted by atomic mass is 9.82. The normalized spacial score (nSPS) is 33.3. The molecule has 2 atom stereocenters. The fourth-order valence-corrected chi connectivity index (χ4v) is 3.95. The first-order valence-corrected chi connectivity index (χ1v) is 8.38. The quantitative estimate of drug-likeness (QED) is 0.810. The number of likely N-dealkylation sites (tertiary alicyclic amines) is 1. The van der Waals surface area contributed by atoms with Crippen LogP contribution in [0, 0.1) is 5.41 Å². The fraction of sp³-hybridized carbons (Fsp3) is 0.941. The van der Waals surface area contributed by atoms with E-state index in [1.807, 2.05) is 0 Å². The lowest BCUT2D eigenvalue weighted by Crippen LogP contribution is -2.54. The Morgan fingerprint density at radius 3 is 2.38 bits per heavy atom. The molecule has 0 aromatic carbocycles. The molecule has 2 rings (SSSR count). The molecule has 1 saturated heterocycles. The third kappa shape index (κ3) is 3.78. The average Bonchev–Trinajstić information content (AvgIpc) is 2.82. The van der Waals surface area contributed by atoms with E-state index < -0.39 is 5.54 Å². The Kier molecular flexibility index (Phi) is 4.99. The Morgan fingerprint density at radius 1 is 1.24 bits per heavy atom. The van der Waals surface area contributed by atoms with Crippen molar-refractivity contribution in [2.24, 2.45) is 5.41 Å². The van der Waals surface area contributed by atoms with E-state index >= 15 is 0 Å². The first kappa shape index (κ1) is 16.8. The first-order valence-electron chi connectivity index (χ1n) is 8.38. The SMILES string of the molecule is COC(=O)C1(NC(C)C)CCC(N2CCC(C)(C)CC2)C1. The Morgan fingerprint density at radius 2 is 1.86 bits per heavy atom. The van der Waals surface area contributed by atoms with Crippen LogP contribution in [0.2, 0.25) is 0 Å². The van der Waals surface area contributed by atoms with E-state index in [1.165, 1.54) is 20.0 Å². The summed E-state index contributed by atoms with van der Waals surface area (Å²) in [6, 6.07) is 0.814. The summed E-state index contributed by atoms with van der Waals surface area (Å²) in [7, 11) is 1.50. The van der Waals surface area contributed by atoms with Gasteiger partial charge in [-0.05, 0) is 64.5 Å². The van der Waals surface area contributed by atoms with Crippen molar-refractivity contribution in [2.45, 2.75) is 77.4 Å². The first-order chi connectivity index (χ1) is 9.78. The Bertz CT molecular complexity index is 371. The molecule has 0 spiro atoms. The van der Waals surface area contributed by atoms with Gasteiger partial charge in [-0.2, -0.15) is 0 Å². The predicted molar refractivity (Wildman–Crippen MR) is 85.2 cm³/mol. The minimum atomic E-state index is -0.472. The highest BCUT2D eigenvalue weighted by atomic mass is 16.5. The third-order valence-corrected chi connectivity index (χ3v) is 5.30. The molecule has 21 heavy (non-hydrogen) atoms. The maximum atomic E-state index is 12.3. The van der Waals surface area contributed by atoms with Crippen molar-refractivity contribution in [1.82, 2.24) is 10.2 Å². The number of piperidine rings is 1. The number of ether oxygens (including phenoxy) is 1. The van der Waals surface area contributed by atoms with Crippen LogP contribution in [0.15, 0.2) is 0 Å². The lowest BCUT2D eigenvalue weighted by Gasteiger charge is -2.40. The molecule has 1 saturated carbocycles. The van der Waals surface area contributed by atoms with E-state index in [0.717, 1.165) is 32.4 Å². The van der Waals surface area contributed by atoms with E-state index in [0.29, 0.717) is 17.5 Å². The maximum absolute atomic E-state index is 12.3. The minimum Gasteiger partial charge on any atom is -0.468 e. The Labute approximate surface area is 129 Å². The smallest absolute Gasteiger partial charge is 0.326 e. The summed E-state index contributed by atoms with van der Waals surface area (Å²) < 4.78 is 5.09. The highest BCUT2D eigenvalue weighted by molar-refractivity contribution is 5.81. The van der Waals surface area contributed by atoms with Crippen LogP contribution in [-0.4, -0.2) is 48.7 Å². The van der Waals surface area contributed by atoms with Gasteiger partial charge in [0.1, 0.15) is 5.54 Å². The molecule has 0 aromatic heterocycles. The van der Waals surface area contributed by atoms with Crippen LogP contribution in [0.4, 0.5) is 0 Å². The zero-order valence-electron chi connectivity index (χ0n) is 14.4. The zero-order valence-corrected chi connectivity index (χ0v) is 14.4. The van der Waals surface area contributed by atoms with Crippen molar-refractivity contribution in [2.75, 3.05) is 20.2 Å². The number of rotatable bonds is 4. The molecule has 4 heteroatoms. The highest BCUT2D eigenvalue weighted by Crippen LogP contribution is 2.38. The molecule has 1 heterocycles. The zero-order chi connectivity index (χ0) is 15.7. The standard InChI is InChI=1S/C17H32N2O2/c1-13(2)18-17(15(20)21-5)7-6-14(12-17)19-10-8-16(3,4)9-11-19/h13-14,18H,6-12H2,1-5H3. The van der Waals surface area contributed by atoms with Gasteiger partial charge in [-0.3, -0.25) is 10.1 Å². The van der Waals surface area contributed by atoms with Gasteiger partial charge in [-0.25, -0.2) is 0 Å². The van der Waals surface area contributed by atoms with Crippen molar-refractivity contribution in [3.63, 3.8) is 0 Å². The molecule has 2 unspecified atom stereocenters. The summed E-state index contributed by atoms with van der Waals surface area (Å²) in [5.74, 6) is -0.0870. The molecule has 2 fully saturated rings. The molecule has 0 amide bonds. The molecular weight excluding hydrogens is 264 g/mol. The van der Waals surface area contributed by atoms with Crippen molar-refractivity contribution in [3.05, 3.63) is 0 Å². The van der Waals surface area contributed by atoms with E-state index in [9.17, 15) is 4.79 Å². The molecule has 4 nitrogen and oxygen atoms in total. The molecule has 1 aliphatic heterocycles. The lowest BCUT2D eigenvalue weighted by molar-refractivity contribution is -0.149. The second-order valence-electron chi connectivity index (χ2n) is 7.97. The van der Waals surface area contributed by atoms with Crippen LogP contribution >= 0.6 is 0 Å². The second kappa shape index (κ2) is 6.25. The van der Waals surface area contributed by atoms with E-state index in [2.05, 4.69) is 37.9 Å². The van der Waals surface area contributed by atoms with Gasteiger partial charge in [0.05, 0.1) is 7.11 Å². The maximum Gasteiger partial charge on any atom is 0.326 e. The van der Waals surface area contributed by atoms with Gasteiger partial charge in [-0.1, -0.05) is 13.8 Å². The van der Waals surface area contributed by atoms with Crippen LogP contribution in [-0.2, 0) is 9.53 Å². The Balaban J connectivity index is 2.01. The Hall–Kier alpha value is -0.610. The molecule has 1 N–H and O–H groups in total. The number of hydrogen-bond acceptors (Lipinski definition) is 4. The molecule has 2 aliphatic rings. The van der Waals surface area contributed by atoms with Crippen LogP contribution in [0.3, 0.4) is 0 Å². The number of nitrogens with zero attached hydrogens (tertiary/aromatic N) is 1. The summed E-state index contributed by atoms with van der Waals surface area (Å²) >= 11 is 0. The number of methoxy groups -OCH3 is 1. The predicted octanol–water partition coefficient (Wildman–Crippen LogP) is 2.57. The van der Waals surface area contributed by atoms with Crippen molar-refractivity contribution < 1.29 is 9.53 Å². The number of carbonyl (C=O) groups excluding carboxylic acids is 1. The van der Waals surface area contributed by atoms with Crippen molar-refractivity contribution in [3.8, 4) is 0 Å². The molecular formula is C17H32N2O2. The monoisotopic (exact) mass is 296 g/mol. The summed E-state index contributed by atoms with van der Waals surface area (Å²) in [5.41, 5.74) is 0.00523. The molecule has 0 radical (unpaired) electrons. The highest BCUT2D eigenvalue weighted by Gasteiger charge is 2.48. The van der Waals surface area contributed by atoms with Gasteiger partial charge in [-0.15, -0.1) is 0 Å². The van der Waals surface area contributed by atoms with Crippen LogP contribution < -0.4 is 5.32 Å². The van der Waals surface area contributed by atoms with Crippen molar-refractivity contribution in [1.29, 1.82) is 0 Å². The topological polar surface area (TPSA) is 41.6 Å². The third-order valence-electron chi connectivity index (χ3n) is 5.30. The minimum absolute atomic E-state index is 0.0870. The van der Waals surface area contributed by atoms with Gasteiger partial charge >= 0.3 is 5.97 Å². The van der Waals surface area contributed by atoms with Gasteiger partial charge in [0.15, 0.2) is 0 Å². The van der Waals surface area contributed by atoms with E-state index in [1.54, 1.807) is 0 Å². The molecule has 1 aliphatic carbocycles. The van der Waals surface area contributed by atoms with Crippen molar-refractivity contribution >= 4 is 5.97 Å². The fourth-order valence-electron chi connectivity index (χ4n) is 3.95. The number of nitrogens with one attached hydrogen (secondary N) is 1. The molecule has 0 bridgehead atoms. The average molecular weight is 296 g/mol.